The maximum atomic E-state index is 13.0. The molecule has 0 saturated heterocycles. The summed E-state index contributed by atoms with van der Waals surface area (Å²) in [4.78, 5) is 4.36. The fourth-order valence-corrected chi connectivity index (χ4v) is 3.15. The van der Waals surface area contributed by atoms with Crippen LogP contribution in [-0.2, 0) is 24.6 Å². The lowest BCUT2D eigenvalue weighted by Crippen LogP contribution is -2.18. The third kappa shape index (κ3) is 2.91. The molecule has 0 amide bonds. The summed E-state index contributed by atoms with van der Waals surface area (Å²) in [7, 11) is 0. The summed E-state index contributed by atoms with van der Waals surface area (Å²) in [6, 6.07) is 1.27. The number of nitrogens with zero attached hydrogens (tertiary/aromatic N) is 2. The summed E-state index contributed by atoms with van der Waals surface area (Å²) in [5.41, 5.74) is 0.353. The molecule has 0 bridgehead atoms. The Morgan fingerprint density at radius 1 is 1.26 bits per heavy atom. The first-order valence-corrected chi connectivity index (χ1v) is 7.80. The quantitative estimate of drug-likeness (QED) is 0.751. The monoisotopic (exact) mass is 326 g/mol. The molecule has 0 saturated carbocycles. The largest absolute Gasteiger partial charge is 0.445 e. The number of halogens is 3. The van der Waals surface area contributed by atoms with Crippen molar-refractivity contribution in [3.8, 4) is 0 Å². The Morgan fingerprint density at radius 3 is 2.52 bits per heavy atom. The lowest BCUT2D eigenvalue weighted by molar-refractivity contribution is -0.138. The van der Waals surface area contributed by atoms with E-state index < -0.39 is 11.7 Å². The van der Waals surface area contributed by atoms with E-state index in [1.807, 2.05) is 20.8 Å². The highest BCUT2D eigenvalue weighted by atomic mass is 19.4. The van der Waals surface area contributed by atoms with Gasteiger partial charge in [-0.3, -0.25) is 0 Å². The second-order valence-electron chi connectivity index (χ2n) is 7.29. The lowest BCUT2D eigenvalue weighted by Gasteiger charge is -2.23. The van der Waals surface area contributed by atoms with E-state index in [1.165, 1.54) is 13.0 Å². The van der Waals surface area contributed by atoms with E-state index in [9.17, 15) is 13.2 Å². The molecule has 0 aromatic carbocycles. The van der Waals surface area contributed by atoms with Gasteiger partial charge in [0, 0.05) is 29.3 Å². The summed E-state index contributed by atoms with van der Waals surface area (Å²) >= 11 is 0. The fourth-order valence-electron chi connectivity index (χ4n) is 3.15. The van der Waals surface area contributed by atoms with E-state index >= 15 is 0 Å². The van der Waals surface area contributed by atoms with E-state index in [2.05, 4.69) is 4.98 Å². The highest BCUT2D eigenvalue weighted by molar-refractivity contribution is 5.32. The van der Waals surface area contributed by atoms with Gasteiger partial charge in [0.15, 0.2) is 5.89 Å². The van der Waals surface area contributed by atoms with Crippen molar-refractivity contribution in [3.05, 3.63) is 40.9 Å². The molecule has 1 aliphatic heterocycles. The van der Waals surface area contributed by atoms with Crippen molar-refractivity contribution in [3.63, 3.8) is 0 Å². The summed E-state index contributed by atoms with van der Waals surface area (Å²) in [6.45, 7) is 8.23. The van der Waals surface area contributed by atoms with Crippen molar-refractivity contribution in [2.75, 3.05) is 0 Å². The van der Waals surface area contributed by atoms with Crippen LogP contribution in [0.4, 0.5) is 13.2 Å². The Hall–Kier alpha value is -1.72. The van der Waals surface area contributed by atoms with Gasteiger partial charge in [0.25, 0.3) is 0 Å². The predicted molar refractivity (Wildman–Crippen MR) is 80.4 cm³/mol. The maximum absolute atomic E-state index is 13.0. The summed E-state index contributed by atoms with van der Waals surface area (Å²) in [5.74, 6) is 1.48. The fraction of sp³-hybridized carbons (Fsp3) is 0.588. The molecule has 126 valence electrons. The first-order valence-electron chi connectivity index (χ1n) is 7.80. The van der Waals surface area contributed by atoms with Crippen molar-refractivity contribution in [1.82, 2.24) is 9.55 Å². The van der Waals surface area contributed by atoms with Crippen molar-refractivity contribution in [1.29, 1.82) is 0 Å². The van der Waals surface area contributed by atoms with Crippen LogP contribution in [-0.4, -0.2) is 9.55 Å². The van der Waals surface area contributed by atoms with E-state index in [-0.39, 0.29) is 11.3 Å². The molecule has 1 atom stereocenters. The Kier molecular flexibility index (Phi) is 3.61. The number of alkyl halides is 3. The zero-order valence-electron chi connectivity index (χ0n) is 13.8. The van der Waals surface area contributed by atoms with Crippen molar-refractivity contribution < 1.29 is 17.6 Å². The highest BCUT2D eigenvalue weighted by Gasteiger charge is 2.37. The van der Waals surface area contributed by atoms with E-state index in [0.29, 0.717) is 30.2 Å². The van der Waals surface area contributed by atoms with Crippen LogP contribution in [0.5, 0.6) is 0 Å². The van der Waals surface area contributed by atoms with Crippen molar-refractivity contribution in [2.45, 2.75) is 64.6 Å². The SMILES string of the molecule is Cc1c(C(F)(F)F)cc2n1CCC(c1ncc(C(C)(C)C)o1)C2. The number of fused-ring (bicyclic) bond motifs is 1. The summed E-state index contributed by atoms with van der Waals surface area (Å²) in [5, 5.41) is 0. The third-order valence-electron chi connectivity index (χ3n) is 4.53. The molecule has 2 aromatic heterocycles. The Balaban J connectivity index is 1.87. The van der Waals surface area contributed by atoms with Crippen LogP contribution in [0.15, 0.2) is 16.7 Å². The minimum absolute atomic E-state index is 0.0361. The number of hydrogen-bond donors (Lipinski definition) is 0. The van der Waals surface area contributed by atoms with E-state index in [1.54, 1.807) is 10.8 Å². The van der Waals surface area contributed by atoms with Crippen LogP contribution in [0, 0.1) is 6.92 Å². The van der Waals surface area contributed by atoms with Gasteiger partial charge in [0.1, 0.15) is 5.76 Å². The standard InChI is InChI=1S/C17H21F3N2O/c1-10-13(17(18,19)20)8-12-7-11(5-6-22(10)12)15-21-9-14(23-15)16(2,3)4/h8-9,11H,5-7H2,1-4H3. The van der Waals surface area contributed by atoms with Crippen LogP contribution in [0.2, 0.25) is 0 Å². The molecule has 3 heterocycles. The summed E-state index contributed by atoms with van der Waals surface area (Å²) < 4.78 is 46.8. The minimum atomic E-state index is -4.30. The molecule has 6 heteroatoms. The molecular formula is C17H21F3N2O. The van der Waals surface area contributed by atoms with Crippen molar-refractivity contribution >= 4 is 0 Å². The van der Waals surface area contributed by atoms with Gasteiger partial charge < -0.3 is 8.98 Å². The molecule has 0 radical (unpaired) electrons. The van der Waals surface area contributed by atoms with Gasteiger partial charge in [-0.25, -0.2) is 4.98 Å². The van der Waals surface area contributed by atoms with Crippen LogP contribution in [0.25, 0.3) is 0 Å². The molecule has 3 nitrogen and oxygen atoms in total. The zero-order chi connectivity index (χ0) is 17.0. The van der Waals surface area contributed by atoms with Gasteiger partial charge in [-0.15, -0.1) is 0 Å². The van der Waals surface area contributed by atoms with Gasteiger partial charge >= 0.3 is 6.18 Å². The smallest absolute Gasteiger partial charge is 0.418 e. The lowest BCUT2D eigenvalue weighted by atomic mass is 9.94. The van der Waals surface area contributed by atoms with Gasteiger partial charge in [0.05, 0.1) is 11.8 Å². The Morgan fingerprint density at radius 2 is 1.96 bits per heavy atom. The van der Waals surface area contributed by atoms with Crippen LogP contribution in [0.1, 0.15) is 61.7 Å². The number of aromatic nitrogens is 2. The first-order chi connectivity index (χ1) is 10.6. The van der Waals surface area contributed by atoms with Gasteiger partial charge in [-0.2, -0.15) is 13.2 Å². The molecular weight excluding hydrogens is 305 g/mol. The Bertz CT molecular complexity index is 719. The molecule has 0 spiro atoms. The van der Waals surface area contributed by atoms with Gasteiger partial charge in [-0.05, 0) is 25.8 Å². The molecule has 0 fully saturated rings. The molecule has 0 aliphatic carbocycles. The molecule has 0 N–H and O–H groups in total. The maximum Gasteiger partial charge on any atom is 0.418 e. The van der Waals surface area contributed by atoms with Gasteiger partial charge in [0.2, 0.25) is 0 Å². The number of oxazole rings is 1. The topological polar surface area (TPSA) is 31.0 Å². The third-order valence-corrected chi connectivity index (χ3v) is 4.53. The molecule has 1 unspecified atom stereocenters. The normalized spacial score (nSPS) is 19.0. The molecule has 3 rings (SSSR count). The Labute approximate surface area is 133 Å². The zero-order valence-corrected chi connectivity index (χ0v) is 13.8. The van der Waals surface area contributed by atoms with Crippen molar-refractivity contribution in [2.24, 2.45) is 0 Å². The number of rotatable bonds is 1. The minimum Gasteiger partial charge on any atom is -0.445 e. The van der Waals surface area contributed by atoms with Crippen LogP contribution >= 0.6 is 0 Å². The van der Waals surface area contributed by atoms with E-state index in [4.69, 9.17) is 4.42 Å². The average Bonchev–Trinajstić information content (AvgIpc) is 3.02. The highest BCUT2D eigenvalue weighted by Crippen LogP contribution is 2.38. The molecule has 1 aliphatic rings. The number of hydrogen-bond acceptors (Lipinski definition) is 2. The van der Waals surface area contributed by atoms with Crippen LogP contribution in [0.3, 0.4) is 0 Å². The van der Waals surface area contributed by atoms with Gasteiger partial charge in [-0.1, -0.05) is 20.8 Å². The predicted octanol–water partition coefficient (Wildman–Crippen LogP) is 4.83. The second kappa shape index (κ2) is 5.14. The average molecular weight is 326 g/mol. The van der Waals surface area contributed by atoms with E-state index in [0.717, 1.165) is 12.2 Å². The molecule has 2 aromatic rings. The summed E-state index contributed by atoms with van der Waals surface area (Å²) in [6.07, 6.45) is -1.30. The first kappa shape index (κ1) is 16.1. The second-order valence-corrected chi connectivity index (χ2v) is 7.29. The van der Waals surface area contributed by atoms with Crippen LogP contribution < -0.4 is 0 Å². The molecule has 23 heavy (non-hydrogen) atoms.